The van der Waals surface area contributed by atoms with E-state index in [1.807, 2.05) is 99.3 Å². The second-order valence-electron chi connectivity index (χ2n) is 9.46. The van der Waals surface area contributed by atoms with E-state index in [1.165, 1.54) is 0 Å². The summed E-state index contributed by atoms with van der Waals surface area (Å²) in [7, 11) is -0.857. The van der Waals surface area contributed by atoms with Crippen LogP contribution in [0.5, 0.6) is 5.75 Å². The number of carbonyl (C=O) groups excluding carboxylic acids is 1. The molecule has 3 aromatic carbocycles. The van der Waals surface area contributed by atoms with Gasteiger partial charge in [-0.25, -0.2) is 4.79 Å². The quantitative estimate of drug-likeness (QED) is 0.326. The van der Waals surface area contributed by atoms with Gasteiger partial charge in [0.05, 0.1) is 19.8 Å². The van der Waals surface area contributed by atoms with Crippen molar-refractivity contribution in [3.63, 3.8) is 0 Å². The smallest absolute Gasteiger partial charge is 0.415 e. The fourth-order valence-corrected chi connectivity index (χ4v) is 5.62. The van der Waals surface area contributed by atoms with Crippen LogP contribution >= 0.6 is 0 Å². The molecule has 0 aliphatic heterocycles. The molecule has 0 bridgehead atoms. The zero-order chi connectivity index (χ0) is 25.5. The third kappa shape index (κ3) is 6.84. The summed E-state index contributed by atoms with van der Waals surface area (Å²) in [6.45, 7) is 12.1. The van der Waals surface area contributed by atoms with Crippen LogP contribution in [0.4, 0.5) is 10.5 Å². The van der Waals surface area contributed by atoms with Gasteiger partial charge in [0.2, 0.25) is 8.32 Å². The van der Waals surface area contributed by atoms with Gasteiger partial charge in [0.25, 0.3) is 0 Å². The summed E-state index contributed by atoms with van der Waals surface area (Å²) in [5.41, 5.74) is 2.91. The van der Waals surface area contributed by atoms with Gasteiger partial charge in [-0.15, -0.1) is 6.58 Å². The third-order valence-corrected chi connectivity index (χ3v) is 8.74. The Morgan fingerprint density at radius 3 is 2.06 bits per heavy atom. The number of methoxy groups -OCH3 is 1. The van der Waals surface area contributed by atoms with Crippen molar-refractivity contribution < 1.29 is 18.7 Å². The molecule has 2 atom stereocenters. The van der Waals surface area contributed by atoms with Crippen molar-refractivity contribution in [2.45, 2.75) is 39.0 Å². The maximum absolute atomic E-state index is 13.6. The number of amides is 1. The van der Waals surface area contributed by atoms with Crippen molar-refractivity contribution in [3.05, 3.63) is 103 Å². The zero-order valence-corrected chi connectivity index (χ0v) is 22.2. The maximum atomic E-state index is 13.6. The lowest BCUT2D eigenvalue weighted by molar-refractivity contribution is 0.0553. The number of hydrogen-bond acceptors (Lipinski definition) is 4. The van der Waals surface area contributed by atoms with E-state index < -0.39 is 26.1 Å². The molecular weight excluding hydrogens is 454 g/mol. The predicted molar refractivity (Wildman–Crippen MR) is 145 cm³/mol. The Kier molecular flexibility index (Phi) is 8.54. The highest BCUT2D eigenvalue weighted by molar-refractivity contribution is 6.89. The van der Waals surface area contributed by atoms with Gasteiger partial charge in [0, 0.05) is 5.69 Å². The minimum Gasteiger partial charge on any atom is -0.497 e. The fourth-order valence-electron chi connectivity index (χ4n) is 3.74. The van der Waals surface area contributed by atoms with Crippen LogP contribution in [0.25, 0.3) is 0 Å². The summed E-state index contributed by atoms with van der Waals surface area (Å²) in [5, 5.41) is 1.12. The second-order valence-corrected chi connectivity index (χ2v) is 13.0. The Labute approximate surface area is 210 Å². The molecule has 0 radical (unpaired) electrons. The van der Waals surface area contributed by atoms with Gasteiger partial charge < -0.3 is 13.9 Å². The zero-order valence-electron chi connectivity index (χ0n) is 21.2. The molecule has 5 nitrogen and oxygen atoms in total. The Morgan fingerprint density at radius 1 is 0.971 bits per heavy atom. The summed E-state index contributed by atoms with van der Waals surface area (Å²) in [5.74, 6) is 0.709. The van der Waals surface area contributed by atoms with Crippen molar-refractivity contribution in [3.8, 4) is 5.75 Å². The van der Waals surface area contributed by atoms with Crippen molar-refractivity contribution in [2.75, 3.05) is 18.6 Å². The molecule has 1 amide bonds. The van der Waals surface area contributed by atoms with Crippen LogP contribution in [-0.2, 0) is 9.16 Å². The largest absolute Gasteiger partial charge is 0.497 e. The first-order chi connectivity index (χ1) is 16.7. The molecule has 3 aromatic rings. The van der Waals surface area contributed by atoms with Crippen LogP contribution in [0.1, 0.15) is 32.4 Å². The molecule has 0 saturated heterocycles. The molecule has 35 heavy (non-hydrogen) atoms. The number of benzene rings is 3. The molecule has 1 unspecified atom stereocenters. The van der Waals surface area contributed by atoms with E-state index in [9.17, 15) is 4.79 Å². The van der Waals surface area contributed by atoms with E-state index in [0.717, 1.165) is 10.8 Å². The fraction of sp³-hybridized carbons (Fsp3) is 0.276. The van der Waals surface area contributed by atoms with Crippen LogP contribution in [0.15, 0.2) is 97.2 Å². The normalized spacial score (nSPS) is 13.9. The molecule has 3 rings (SSSR count). The number of hydrogen-bond donors (Lipinski definition) is 0. The average molecular weight is 490 g/mol. The summed E-state index contributed by atoms with van der Waals surface area (Å²) in [6.07, 6.45) is -0.443. The van der Waals surface area contributed by atoms with Crippen molar-refractivity contribution >= 4 is 25.3 Å². The Balaban J connectivity index is 2.04. The first-order valence-corrected chi connectivity index (χ1v) is 14.2. The van der Waals surface area contributed by atoms with Crippen LogP contribution in [0.2, 0.25) is 6.55 Å². The van der Waals surface area contributed by atoms with Gasteiger partial charge in [0.15, 0.2) is 0 Å². The number of rotatable bonds is 9. The predicted octanol–water partition coefficient (Wildman–Crippen LogP) is 6.40. The molecule has 6 heteroatoms. The minimum absolute atomic E-state index is 0.277. The minimum atomic E-state index is -2.47. The summed E-state index contributed by atoms with van der Waals surface area (Å²) in [6, 6.07) is 27.0. The number of carbonyl (C=O) groups is 1. The van der Waals surface area contributed by atoms with Gasteiger partial charge in [0.1, 0.15) is 11.4 Å². The van der Waals surface area contributed by atoms with Crippen LogP contribution in [0, 0.1) is 0 Å². The lowest BCUT2D eigenvalue weighted by Crippen LogP contribution is -2.49. The molecule has 0 spiro atoms. The SMILES string of the molecule is C=C[Si](C)(OC[C@H](c1ccccc1)N(C(=O)OC(C)(C)C)c1ccc(OC)cc1)c1ccccc1. The van der Waals surface area contributed by atoms with Crippen LogP contribution in [-0.4, -0.2) is 33.7 Å². The highest BCUT2D eigenvalue weighted by Crippen LogP contribution is 2.32. The van der Waals surface area contributed by atoms with E-state index >= 15 is 0 Å². The first kappa shape index (κ1) is 26.3. The average Bonchev–Trinajstić information content (AvgIpc) is 2.86. The Bertz CT molecular complexity index is 1100. The first-order valence-electron chi connectivity index (χ1n) is 11.7. The van der Waals surface area contributed by atoms with E-state index in [0.29, 0.717) is 11.4 Å². The second kappa shape index (κ2) is 11.4. The molecule has 0 heterocycles. The Hall–Kier alpha value is -3.35. The van der Waals surface area contributed by atoms with E-state index in [1.54, 1.807) is 12.0 Å². The standard InChI is InChI=1S/C29H35NO4Si/c1-7-35(6,26-16-12-9-13-17-26)33-22-27(23-14-10-8-11-15-23)30(28(31)34-29(2,3)4)24-18-20-25(32-5)21-19-24/h7-21,27H,1,22H2,2-6H3/t27-,35?/m1/s1. The molecule has 0 aliphatic carbocycles. The van der Waals surface area contributed by atoms with Crippen LogP contribution in [0.3, 0.4) is 0 Å². The molecule has 0 aliphatic rings. The molecule has 0 saturated carbocycles. The third-order valence-electron chi connectivity index (χ3n) is 5.71. The summed E-state index contributed by atoms with van der Waals surface area (Å²) >= 11 is 0. The number of ether oxygens (including phenoxy) is 2. The number of anilines is 1. The monoisotopic (exact) mass is 489 g/mol. The van der Waals surface area contributed by atoms with Crippen molar-refractivity contribution in [2.24, 2.45) is 0 Å². The molecular formula is C29H35NO4Si. The van der Waals surface area contributed by atoms with E-state index in [-0.39, 0.29) is 6.61 Å². The van der Waals surface area contributed by atoms with Crippen molar-refractivity contribution in [1.29, 1.82) is 0 Å². The summed E-state index contributed by atoms with van der Waals surface area (Å²) < 4.78 is 17.8. The lowest BCUT2D eigenvalue weighted by atomic mass is 10.1. The number of nitrogens with zero attached hydrogens (tertiary/aromatic N) is 1. The molecule has 0 N–H and O–H groups in total. The van der Waals surface area contributed by atoms with Gasteiger partial charge in [-0.1, -0.05) is 66.4 Å². The Morgan fingerprint density at radius 2 is 1.54 bits per heavy atom. The highest BCUT2D eigenvalue weighted by atomic mass is 28.4. The van der Waals surface area contributed by atoms with Crippen LogP contribution < -0.4 is 14.8 Å². The van der Waals surface area contributed by atoms with Gasteiger partial charge >= 0.3 is 6.09 Å². The van der Waals surface area contributed by atoms with E-state index in [2.05, 4.69) is 25.3 Å². The van der Waals surface area contributed by atoms with Crippen molar-refractivity contribution in [1.82, 2.24) is 0 Å². The summed E-state index contributed by atoms with van der Waals surface area (Å²) in [4.78, 5) is 15.3. The lowest BCUT2D eigenvalue weighted by Gasteiger charge is -2.36. The molecule has 184 valence electrons. The topological polar surface area (TPSA) is 48.0 Å². The highest BCUT2D eigenvalue weighted by Gasteiger charge is 2.35. The maximum Gasteiger partial charge on any atom is 0.415 e. The van der Waals surface area contributed by atoms with E-state index in [4.69, 9.17) is 13.9 Å². The molecule has 0 fully saturated rings. The van der Waals surface area contributed by atoms with Gasteiger partial charge in [-0.05, 0) is 62.3 Å². The molecule has 0 aromatic heterocycles. The van der Waals surface area contributed by atoms with Gasteiger partial charge in [-0.2, -0.15) is 0 Å². The van der Waals surface area contributed by atoms with Gasteiger partial charge in [-0.3, -0.25) is 4.90 Å².